The molecule has 0 aliphatic carbocycles. The summed E-state index contributed by atoms with van der Waals surface area (Å²) in [6.45, 7) is 0.657. The Balaban J connectivity index is 1.45. The van der Waals surface area contributed by atoms with Crippen molar-refractivity contribution in [1.29, 1.82) is 0 Å². The fourth-order valence-corrected chi connectivity index (χ4v) is 4.29. The van der Waals surface area contributed by atoms with Crippen LogP contribution in [0.25, 0.3) is 44.5 Å². The van der Waals surface area contributed by atoms with Crippen molar-refractivity contribution in [2.75, 3.05) is 0 Å². The first-order valence-electron chi connectivity index (χ1n) is 10.9. The summed E-state index contributed by atoms with van der Waals surface area (Å²) in [5, 5.41) is 16.8. The average Bonchev–Trinajstić information content (AvgIpc) is 3.58. The van der Waals surface area contributed by atoms with Gasteiger partial charge in [0.1, 0.15) is 0 Å². The fourth-order valence-electron chi connectivity index (χ4n) is 4.29. The van der Waals surface area contributed by atoms with Crippen LogP contribution in [-0.4, -0.2) is 34.7 Å². The second-order valence-electron chi connectivity index (χ2n) is 8.23. The van der Waals surface area contributed by atoms with E-state index in [2.05, 4.69) is 37.5 Å². The van der Waals surface area contributed by atoms with Crippen LogP contribution in [0.1, 0.15) is 5.56 Å². The van der Waals surface area contributed by atoms with Gasteiger partial charge in [0.25, 0.3) is 5.56 Å². The summed E-state index contributed by atoms with van der Waals surface area (Å²) in [5.41, 5.74) is 6.42. The highest BCUT2D eigenvalue weighted by molar-refractivity contribution is 6.03. The van der Waals surface area contributed by atoms with Gasteiger partial charge < -0.3 is 4.98 Å². The second-order valence-corrected chi connectivity index (χ2v) is 8.23. The number of H-pyrrole nitrogens is 2. The minimum absolute atomic E-state index is 0.267. The Morgan fingerprint density at radius 2 is 1.71 bits per heavy atom. The summed E-state index contributed by atoms with van der Waals surface area (Å²) < 4.78 is 3.62. The van der Waals surface area contributed by atoms with Crippen molar-refractivity contribution in [3.05, 3.63) is 101 Å². The monoisotopic (exact) mass is 447 g/mol. The van der Waals surface area contributed by atoms with Gasteiger partial charge in [0.2, 0.25) is 0 Å². The van der Waals surface area contributed by atoms with Crippen molar-refractivity contribution in [3.63, 3.8) is 0 Å². The molecule has 0 bridgehead atoms. The molecule has 0 saturated carbocycles. The van der Waals surface area contributed by atoms with Crippen LogP contribution < -0.4 is 5.56 Å². The van der Waals surface area contributed by atoms with Crippen molar-refractivity contribution in [2.45, 2.75) is 6.54 Å². The topological polar surface area (TPSA) is 97.2 Å². The number of rotatable bonds is 5. The number of nitrogens with zero attached hydrogens (tertiary/aromatic N) is 5. The minimum atomic E-state index is -0.267. The first-order chi connectivity index (χ1) is 16.7. The highest BCUT2D eigenvalue weighted by Gasteiger charge is 2.19. The van der Waals surface area contributed by atoms with Crippen LogP contribution in [0, 0.1) is 0 Å². The third-order valence-corrected chi connectivity index (χ3v) is 5.89. The van der Waals surface area contributed by atoms with Gasteiger partial charge in [-0.25, -0.2) is 5.10 Å². The molecule has 0 aliphatic rings. The molecule has 0 saturated heterocycles. The van der Waals surface area contributed by atoms with E-state index >= 15 is 0 Å². The largest absolute Gasteiger partial charge is 0.354 e. The van der Waals surface area contributed by atoms with Gasteiger partial charge in [-0.3, -0.25) is 14.2 Å². The van der Waals surface area contributed by atoms with Crippen LogP contribution in [0.5, 0.6) is 0 Å². The molecule has 0 amide bonds. The molecule has 34 heavy (non-hydrogen) atoms. The van der Waals surface area contributed by atoms with Crippen molar-refractivity contribution in [1.82, 2.24) is 34.7 Å². The third kappa shape index (κ3) is 3.51. The van der Waals surface area contributed by atoms with E-state index in [-0.39, 0.29) is 5.56 Å². The zero-order valence-corrected chi connectivity index (χ0v) is 18.4. The van der Waals surface area contributed by atoms with Gasteiger partial charge in [-0.05, 0) is 17.7 Å². The number of fused-ring (bicyclic) bond motifs is 1. The molecular formula is C26H21N7O. The summed E-state index contributed by atoms with van der Waals surface area (Å²) in [4.78, 5) is 16.4. The van der Waals surface area contributed by atoms with E-state index in [0.717, 1.165) is 38.9 Å². The SMILES string of the molecule is Cn1cc(-c2c(-c3cc(-c4cnn(Cc5ccccc5)c4)n[nH]c3=O)[nH]c3ccccc23)cn1. The second kappa shape index (κ2) is 8.00. The maximum absolute atomic E-state index is 12.9. The molecule has 4 heterocycles. The summed E-state index contributed by atoms with van der Waals surface area (Å²) in [6, 6.07) is 20.0. The Bertz CT molecular complexity index is 1670. The highest BCUT2D eigenvalue weighted by Crippen LogP contribution is 2.37. The lowest BCUT2D eigenvalue weighted by Gasteiger charge is -2.05. The predicted octanol–water partition coefficient (Wildman–Crippen LogP) is 4.23. The normalized spacial score (nSPS) is 11.3. The maximum atomic E-state index is 12.9. The Kier molecular flexibility index (Phi) is 4.69. The molecule has 8 nitrogen and oxygen atoms in total. The number of nitrogens with one attached hydrogen (secondary N) is 2. The Morgan fingerprint density at radius 3 is 2.53 bits per heavy atom. The molecule has 6 rings (SSSR count). The van der Waals surface area contributed by atoms with Crippen LogP contribution in [0.3, 0.4) is 0 Å². The molecule has 0 radical (unpaired) electrons. The summed E-state index contributed by atoms with van der Waals surface area (Å²) in [5.74, 6) is 0. The van der Waals surface area contributed by atoms with Crippen LogP contribution >= 0.6 is 0 Å². The summed E-state index contributed by atoms with van der Waals surface area (Å²) >= 11 is 0. The van der Waals surface area contributed by atoms with E-state index in [0.29, 0.717) is 17.8 Å². The van der Waals surface area contributed by atoms with Crippen molar-refractivity contribution >= 4 is 10.9 Å². The van der Waals surface area contributed by atoms with E-state index in [9.17, 15) is 4.79 Å². The van der Waals surface area contributed by atoms with E-state index in [1.54, 1.807) is 10.9 Å². The number of benzene rings is 2. The van der Waals surface area contributed by atoms with Gasteiger partial charge in [0.15, 0.2) is 0 Å². The van der Waals surface area contributed by atoms with E-state index < -0.39 is 0 Å². The van der Waals surface area contributed by atoms with Crippen LogP contribution in [0.15, 0.2) is 90.2 Å². The highest BCUT2D eigenvalue weighted by atomic mass is 16.1. The third-order valence-electron chi connectivity index (χ3n) is 5.89. The van der Waals surface area contributed by atoms with E-state index in [4.69, 9.17) is 0 Å². The first-order valence-corrected chi connectivity index (χ1v) is 10.9. The lowest BCUT2D eigenvalue weighted by Crippen LogP contribution is -2.11. The molecule has 8 heteroatoms. The van der Waals surface area contributed by atoms with Crippen molar-refractivity contribution in [2.24, 2.45) is 7.05 Å². The van der Waals surface area contributed by atoms with Crippen LogP contribution in [0.4, 0.5) is 0 Å². The lowest BCUT2D eigenvalue weighted by molar-refractivity contribution is 0.687. The van der Waals surface area contributed by atoms with E-state index in [1.807, 2.05) is 78.9 Å². The zero-order chi connectivity index (χ0) is 23.1. The molecule has 166 valence electrons. The van der Waals surface area contributed by atoms with Crippen molar-refractivity contribution in [3.8, 4) is 33.6 Å². The number of hydrogen-bond donors (Lipinski definition) is 2. The first kappa shape index (κ1) is 19.9. The minimum Gasteiger partial charge on any atom is -0.354 e. The molecule has 6 aromatic rings. The van der Waals surface area contributed by atoms with Gasteiger partial charge >= 0.3 is 0 Å². The Hall–Kier alpha value is -4.72. The van der Waals surface area contributed by atoms with Crippen LogP contribution in [0.2, 0.25) is 0 Å². The zero-order valence-electron chi connectivity index (χ0n) is 18.4. The van der Waals surface area contributed by atoms with E-state index in [1.165, 1.54) is 0 Å². The molecule has 0 atom stereocenters. The predicted molar refractivity (Wildman–Crippen MR) is 131 cm³/mol. The quantitative estimate of drug-likeness (QED) is 0.413. The van der Waals surface area contributed by atoms with Gasteiger partial charge in [-0.1, -0.05) is 48.5 Å². The Labute approximate surface area is 194 Å². The number of hydrogen-bond acceptors (Lipinski definition) is 4. The average molecular weight is 448 g/mol. The number of aryl methyl sites for hydroxylation is 1. The summed E-state index contributed by atoms with van der Waals surface area (Å²) in [7, 11) is 1.88. The standard InChI is InChI=1S/C26H21N7O/c1-32-15-19(13-27-32)24-20-9-5-6-10-22(20)29-25(24)21-11-23(30-31-26(21)34)18-12-28-33(16-18)14-17-7-3-2-4-8-17/h2-13,15-16,29H,14H2,1H3,(H,31,34). The van der Waals surface area contributed by atoms with Gasteiger partial charge in [0.05, 0.1) is 35.9 Å². The van der Waals surface area contributed by atoms with Crippen molar-refractivity contribution < 1.29 is 0 Å². The molecule has 0 unspecified atom stereocenters. The summed E-state index contributed by atoms with van der Waals surface area (Å²) in [6.07, 6.45) is 7.46. The maximum Gasteiger partial charge on any atom is 0.273 e. The molecular weight excluding hydrogens is 426 g/mol. The molecule has 2 aromatic carbocycles. The fraction of sp³-hybridized carbons (Fsp3) is 0.0769. The van der Waals surface area contributed by atoms with Gasteiger partial charge in [0, 0.05) is 47.0 Å². The Morgan fingerprint density at radius 1 is 0.912 bits per heavy atom. The van der Waals surface area contributed by atoms with Gasteiger partial charge in [-0.2, -0.15) is 15.3 Å². The smallest absolute Gasteiger partial charge is 0.273 e. The van der Waals surface area contributed by atoms with Gasteiger partial charge in [-0.15, -0.1) is 0 Å². The molecule has 2 N–H and O–H groups in total. The lowest BCUT2D eigenvalue weighted by atomic mass is 10.0. The molecule has 0 aliphatic heterocycles. The molecule has 0 fully saturated rings. The molecule has 4 aromatic heterocycles. The number of para-hydroxylation sites is 1. The number of aromatic amines is 2. The van der Waals surface area contributed by atoms with Crippen LogP contribution in [-0.2, 0) is 13.6 Å². The molecule has 0 spiro atoms. The number of aromatic nitrogens is 7.